The van der Waals surface area contributed by atoms with Gasteiger partial charge < -0.3 is 10.6 Å². The summed E-state index contributed by atoms with van der Waals surface area (Å²) in [4.78, 5) is 37.0. The number of hydrogen-bond donors (Lipinski definition) is 2. The smallest absolute Gasteiger partial charge is 0.257 e. The SMILES string of the molecule is O=C(Nc1cccc2cccnc12)c1ccsc1-c1sccc1C(=O)Nc1cccc2cccnc12. The first-order valence-electron chi connectivity index (χ1n) is 11.1. The molecule has 8 heteroatoms. The Hall–Kier alpha value is -4.40. The highest BCUT2D eigenvalue weighted by Crippen LogP contribution is 2.37. The van der Waals surface area contributed by atoms with Crippen LogP contribution in [0.2, 0.25) is 0 Å². The zero-order chi connectivity index (χ0) is 24.5. The van der Waals surface area contributed by atoms with Crippen molar-refractivity contribution < 1.29 is 9.59 Å². The second-order valence-electron chi connectivity index (χ2n) is 8.00. The van der Waals surface area contributed by atoms with Crippen LogP contribution in [0.3, 0.4) is 0 Å². The Kier molecular flexibility index (Phi) is 5.73. The van der Waals surface area contributed by atoms with Crippen LogP contribution in [-0.4, -0.2) is 21.8 Å². The third-order valence-electron chi connectivity index (χ3n) is 5.79. The molecule has 0 saturated carbocycles. The maximum atomic E-state index is 13.3. The molecule has 0 aliphatic rings. The topological polar surface area (TPSA) is 84.0 Å². The van der Waals surface area contributed by atoms with E-state index in [0.29, 0.717) is 22.5 Å². The molecule has 6 rings (SSSR count). The lowest BCUT2D eigenvalue weighted by molar-refractivity contribution is 0.101. The molecular weight excluding hydrogens is 488 g/mol. The number of carbonyl (C=O) groups is 2. The molecule has 2 N–H and O–H groups in total. The molecule has 0 spiro atoms. The number of fused-ring (bicyclic) bond motifs is 2. The molecule has 0 fully saturated rings. The number of rotatable bonds is 5. The highest BCUT2D eigenvalue weighted by molar-refractivity contribution is 7.21. The minimum Gasteiger partial charge on any atom is -0.320 e. The van der Waals surface area contributed by atoms with Crippen LogP contribution in [0, 0.1) is 0 Å². The van der Waals surface area contributed by atoms with E-state index in [9.17, 15) is 9.59 Å². The van der Waals surface area contributed by atoms with Gasteiger partial charge in [0.1, 0.15) is 0 Å². The molecular formula is C28H18N4O2S2. The Bertz CT molecular complexity index is 1620. The van der Waals surface area contributed by atoms with Gasteiger partial charge in [0, 0.05) is 23.2 Å². The molecule has 6 nitrogen and oxygen atoms in total. The van der Waals surface area contributed by atoms with Crippen molar-refractivity contribution in [3.8, 4) is 9.75 Å². The van der Waals surface area contributed by atoms with Gasteiger partial charge in [-0.25, -0.2) is 0 Å². The summed E-state index contributed by atoms with van der Waals surface area (Å²) in [5.41, 5.74) is 3.76. The van der Waals surface area contributed by atoms with Crippen molar-refractivity contribution in [2.75, 3.05) is 10.6 Å². The highest BCUT2D eigenvalue weighted by Gasteiger charge is 2.22. The van der Waals surface area contributed by atoms with Crippen molar-refractivity contribution >= 4 is 67.7 Å². The summed E-state index contributed by atoms with van der Waals surface area (Å²) < 4.78 is 0. The van der Waals surface area contributed by atoms with Crippen LogP contribution >= 0.6 is 22.7 Å². The van der Waals surface area contributed by atoms with E-state index in [0.717, 1.165) is 31.6 Å². The number of benzene rings is 2. The quantitative estimate of drug-likeness (QED) is 0.262. The minimum atomic E-state index is -0.248. The van der Waals surface area contributed by atoms with E-state index in [1.54, 1.807) is 24.5 Å². The first kappa shape index (κ1) is 22.1. The van der Waals surface area contributed by atoms with Crippen LogP contribution in [-0.2, 0) is 0 Å². The van der Waals surface area contributed by atoms with Gasteiger partial charge in [-0.15, -0.1) is 22.7 Å². The number of carbonyl (C=O) groups excluding carboxylic acids is 2. The molecule has 0 radical (unpaired) electrons. The van der Waals surface area contributed by atoms with Crippen molar-refractivity contribution in [2.24, 2.45) is 0 Å². The van der Waals surface area contributed by atoms with Gasteiger partial charge in [-0.1, -0.05) is 36.4 Å². The first-order valence-corrected chi connectivity index (χ1v) is 12.9. The molecule has 2 amide bonds. The van der Waals surface area contributed by atoms with E-state index in [1.807, 2.05) is 71.4 Å². The van der Waals surface area contributed by atoms with Crippen molar-refractivity contribution in [1.82, 2.24) is 9.97 Å². The summed E-state index contributed by atoms with van der Waals surface area (Å²) in [5, 5.41) is 11.6. The molecule has 0 unspecified atom stereocenters. The lowest BCUT2D eigenvalue weighted by atomic mass is 10.1. The molecule has 4 aromatic heterocycles. The zero-order valence-electron chi connectivity index (χ0n) is 18.8. The molecule has 2 aromatic carbocycles. The number of amides is 2. The van der Waals surface area contributed by atoms with Crippen molar-refractivity contribution in [1.29, 1.82) is 0 Å². The van der Waals surface area contributed by atoms with Gasteiger partial charge in [0.05, 0.1) is 43.3 Å². The van der Waals surface area contributed by atoms with Crippen LogP contribution in [0.5, 0.6) is 0 Å². The van der Waals surface area contributed by atoms with Gasteiger partial charge in [-0.3, -0.25) is 19.6 Å². The average molecular weight is 507 g/mol. The number of pyridine rings is 2. The fraction of sp³-hybridized carbons (Fsp3) is 0. The number of hydrogen-bond acceptors (Lipinski definition) is 6. The van der Waals surface area contributed by atoms with Gasteiger partial charge >= 0.3 is 0 Å². The largest absolute Gasteiger partial charge is 0.320 e. The number of aromatic nitrogens is 2. The standard InChI is InChI=1S/C28H18N4O2S2/c33-27(31-21-9-1-5-17-7-3-13-29-23(17)21)19-11-15-35-25(19)26-20(12-16-36-26)28(34)32-22-10-2-6-18-8-4-14-30-24(18)22/h1-16H,(H,31,33)(H,32,34). The molecule has 0 aliphatic carbocycles. The Balaban J connectivity index is 1.30. The number of anilines is 2. The summed E-state index contributed by atoms with van der Waals surface area (Å²) >= 11 is 2.86. The predicted octanol–water partition coefficient (Wildman–Crippen LogP) is 7.08. The normalized spacial score (nSPS) is 11.0. The van der Waals surface area contributed by atoms with Gasteiger partial charge in [-0.05, 0) is 47.2 Å². The lowest BCUT2D eigenvalue weighted by Gasteiger charge is -2.10. The number of nitrogens with zero attached hydrogens (tertiary/aromatic N) is 2. The number of nitrogens with one attached hydrogen (secondary N) is 2. The van der Waals surface area contributed by atoms with Crippen molar-refractivity contribution in [3.63, 3.8) is 0 Å². The van der Waals surface area contributed by atoms with E-state index in [2.05, 4.69) is 20.6 Å². The second kappa shape index (κ2) is 9.33. The fourth-order valence-electron chi connectivity index (χ4n) is 4.12. The molecule has 0 atom stereocenters. The van der Waals surface area contributed by atoms with E-state index in [4.69, 9.17) is 0 Å². The fourth-order valence-corrected chi connectivity index (χ4v) is 6.10. The van der Waals surface area contributed by atoms with Gasteiger partial charge in [-0.2, -0.15) is 0 Å². The van der Waals surface area contributed by atoms with Crippen LogP contribution in [0.15, 0.2) is 96.0 Å². The molecule has 0 saturated heterocycles. The monoisotopic (exact) mass is 506 g/mol. The van der Waals surface area contributed by atoms with Crippen LogP contribution < -0.4 is 10.6 Å². The Morgan fingerprint density at radius 1 is 0.583 bits per heavy atom. The summed E-state index contributed by atoms with van der Waals surface area (Å²) in [6.07, 6.45) is 3.41. The predicted molar refractivity (Wildman–Crippen MR) is 147 cm³/mol. The second-order valence-corrected chi connectivity index (χ2v) is 9.83. The maximum Gasteiger partial charge on any atom is 0.257 e. The third kappa shape index (κ3) is 4.02. The van der Waals surface area contributed by atoms with Gasteiger partial charge in [0.2, 0.25) is 0 Å². The van der Waals surface area contributed by atoms with Gasteiger partial charge in [0.25, 0.3) is 11.8 Å². The molecule has 36 heavy (non-hydrogen) atoms. The number of thiophene rings is 2. The third-order valence-corrected chi connectivity index (χ3v) is 7.78. The van der Waals surface area contributed by atoms with Crippen LogP contribution in [0.4, 0.5) is 11.4 Å². The van der Waals surface area contributed by atoms with Crippen LogP contribution in [0.1, 0.15) is 20.7 Å². The molecule has 6 aromatic rings. The van der Waals surface area contributed by atoms with E-state index in [1.165, 1.54) is 22.7 Å². The van der Waals surface area contributed by atoms with Crippen LogP contribution in [0.25, 0.3) is 31.6 Å². The summed E-state index contributed by atoms with van der Waals surface area (Å²) in [5.74, 6) is -0.496. The average Bonchev–Trinajstić information content (AvgIpc) is 3.59. The summed E-state index contributed by atoms with van der Waals surface area (Å²) in [6.45, 7) is 0. The molecule has 0 aliphatic heterocycles. The van der Waals surface area contributed by atoms with Crippen molar-refractivity contribution in [3.05, 3.63) is 107 Å². The zero-order valence-corrected chi connectivity index (χ0v) is 20.4. The van der Waals surface area contributed by atoms with E-state index >= 15 is 0 Å². The Morgan fingerprint density at radius 2 is 1.03 bits per heavy atom. The Labute approximate surface area is 214 Å². The van der Waals surface area contributed by atoms with Crippen molar-refractivity contribution in [2.45, 2.75) is 0 Å². The molecule has 174 valence electrons. The lowest BCUT2D eigenvalue weighted by Crippen LogP contribution is -2.14. The summed E-state index contributed by atoms with van der Waals surface area (Å²) in [6, 6.07) is 22.6. The maximum absolute atomic E-state index is 13.3. The molecule has 0 bridgehead atoms. The first-order chi connectivity index (χ1) is 17.7. The number of para-hydroxylation sites is 2. The highest BCUT2D eigenvalue weighted by atomic mass is 32.1. The summed E-state index contributed by atoms with van der Waals surface area (Å²) in [7, 11) is 0. The van der Waals surface area contributed by atoms with Gasteiger partial charge in [0.15, 0.2) is 0 Å². The van der Waals surface area contributed by atoms with E-state index < -0.39 is 0 Å². The Morgan fingerprint density at radius 3 is 1.50 bits per heavy atom. The molecule has 4 heterocycles. The van der Waals surface area contributed by atoms with E-state index in [-0.39, 0.29) is 11.8 Å². The minimum absolute atomic E-state index is 0.248.